The zero-order chi connectivity index (χ0) is 14.7. The van der Waals surface area contributed by atoms with Crippen molar-refractivity contribution < 1.29 is 8.42 Å². The lowest BCUT2D eigenvalue weighted by Gasteiger charge is -2.30. The maximum atomic E-state index is 12.3. The van der Waals surface area contributed by atoms with Crippen LogP contribution in [0, 0.1) is 5.92 Å². The first-order valence-corrected chi connectivity index (χ1v) is 7.98. The highest BCUT2D eigenvalue weighted by atomic mass is 32.2. The lowest BCUT2D eigenvalue weighted by Crippen LogP contribution is -2.52. The van der Waals surface area contributed by atoms with Crippen molar-refractivity contribution in [3.63, 3.8) is 0 Å². The number of sulfonamides is 1. The Hall–Kier alpha value is -0.920. The smallest absolute Gasteiger partial charge is 0.258 e. The van der Waals surface area contributed by atoms with E-state index in [1.807, 2.05) is 27.7 Å². The second-order valence-electron chi connectivity index (χ2n) is 5.52. The van der Waals surface area contributed by atoms with Gasteiger partial charge in [-0.15, -0.1) is 0 Å². The number of hydrogen-bond acceptors (Lipinski definition) is 4. The number of nitrogens with zero attached hydrogens (tertiary/aromatic N) is 1. The molecule has 110 valence electrons. The predicted octanol–water partition coefficient (Wildman–Crippen LogP) is 1.01. The van der Waals surface area contributed by atoms with Gasteiger partial charge in [-0.2, -0.15) is 0 Å². The molecule has 1 rings (SSSR count). The Bertz CT molecular complexity index is 510. The van der Waals surface area contributed by atoms with Gasteiger partial charge >= 0.3 is 0 Å². The van der Waals surface area contributed by atoms with Crippen LogP contribution in [0.2, 0.25) is 0 Å². The molecule has 1 atom stereocenters. The molecule has 1 aromatic rings. The van der Waals surface area contributed by atoms with Gasteiger partial charge < -0.3 is 10.7 Å². The van der Waals surface area contributed by atoms with Gasteiger partial charge in [0.25, 0.3) is 10.0 Å². The summed E-state index contributed by atoms with van der Waals surface area (Å²) in [5, 5.41) is 0.0905. The molecule has 1 unspecified atom stereocenters. The molecular weight excluding hydrogens is 264 g/mol. The molecule has 0 aliphatic carbocycles. The van der Waals surface area contributed by atoms with Crippen LogP contribution >= 0.6 is 0 Å². The number of nitrogens with one attached hydrogen (secondary N) is 2. The van der Waals surface area contributed by atoms with Gasteiger partial charge in [-0.3, -0.25) is 0 Å². The number of aryl methyl sites for hydroxylation is 1. The van der Waals surface area contributed by atoms with Crippen molar-refractivity contribution in [1.82, 2.24) is 14.7 Å². The van der Waals surface area contributed by atoms with Gasteiger partial charge in [-0.05, 0) is 19.3 Å². The Kier molecular flexibility index (Phi) is 5.11. The molecule has 1 aromatic heterocycles. The van der Waals surface area contributed by atoms with E-state index in [1.54, 1.807) is 0 Å². The fraction of sp³-hybridized carbons (Fsp3) is 0.750. The van der Waals surface area contributed by atoms with E-state index in [0.717, 1.165) is 0 Å². The molecular formula is C12H24N4O2S. The third-order valence-electron chi connectivity index (χ3n) is 2.92. The molecule has 0 fully saturated rings. The van der Waals surface area contributed by atoms with E-state index in [0.29, 0.717) is 24.6 Å². The summed E-state index contributed by atoms with van der Waals surface area (Å²) < 4.78 is 27.2. The van der Waals surface area contributed by atoms with E-state index in [4.69, 9.17) is 5.73 Å². The molecule has 0 bridgehead atoms. The molecule has 19 heavy (non-hydrogen) atoms. The van der Waals surface area contributed by atoms with Crippen LogP contribution in [0.4, 0.5) is 0 Å². The maximum Gasteiger partial charge on any atom is 0.258 e. The molecule has 0 spiro atoms. The van der Waals surface area contributed by atoms with Crippen molar-refractivity contribution in [1.29, 1.82) is 0 Å². The van der Waals surface area contributed by atoms with E-state index in [2.05, 4.69) is 14.7 Å². The molecule has 0 radical (unpaired) electrons. The van der Waals surface area contributed by atoms with Crippen molar-refractivity contribution in [3.05, 3.63) is 12.0 Å². The fourth-order valence-electron chi connectivity index (χ4n) is 2.11. The summed E-state index contributed by atoms with van der Waals surface area (Å²) in [6.45, 7) is 8.05. The second kappa shape index (κ2) is 6.02. The number of nitrogens with two attached hydrogens (primary N) is 1. The molecule has 0 saturated carbocycles. The first-order valence-electron chi connectivity index (χ1n) is 6.50. The van der Waals surface area contributed by atoms with Crippen LogP contribution in [-0.4, -0.2) is 30.5 Å². The molecule has 7 heteroatoms. The Labute approximate surface area is 115 Å². The van der Waals surface area contributed by atoms with Crippen molar-refractivity contribution in [3.8, 4) is 0 Å². The monoisotopic (exact) mass is 288 g/mol. The topological polar surface area (TPSA) is 101 Å². The van der Waals surface area contributed by atoms with Crippen LogP contribution in [0.3, 0.4) is 0 Å². The Morgan fingerprint density at radius 1 is 1.53 bits per heavy atom. The lowest BCUT2D eigenvalue weighted by molar-refractivity contribution is 0.344. The highest BCUT2D eigenvalue weighted by Gasteiger charge is 2.31. The van der Waals surface area contributed by atoms with Crippen molar-refractivity contribution in [2.45, 2.75) is 51.1 Å². The number of aromatic nitrogens is 2. The summed E-state index contributed by atoms with van der Waals surface area (Å²) >= 11 is 0. The Balaban J connectivity index is 2.94. The van der Waals surface area contributed by atoms with Gasteiger partial charge in [-0.25, -0.2) is 18.1 Å². The SMILES string of the molecule is CCc1ncc(S(=O)(=O)NC(C)(CN)CC(C)C)[nH]1. The molecule has 1 heterocycles. The molecule has 6 nitrogen and oxygen atoms in total. The van der Waals surface area contributed by atoms with Gasteiger partial charge in [0.1, 0.15) is 5.82 Å². The third-order valence-corrected chi connectivity index (χ3v) is 4.47. The highest BCUT2D eigenvalue weighted by molar-refractivity contribution is 7.89. The van der Waals surface area contributed by atoms with E-state index in [-0.39, 0.29) is 11.6 Å². The summed E-state index contributed by atoms with van der Waals surface area (Å²) in [6, 6.07) is 0. The van der Waals surface area contributed by atoms with Crippen molar-refractivity contribution in [2.75, 3.05) is 6.54 Å². The lowest BCUT2D eigenvalue weighted by atomic mass is 9.92. The van der Waals surface area contributed by atoms with E-state index in [1.165, 1.54) is 6.20 Å². The zero-order valence-corrected chi connectivity index (χ0v) is 12.8. The van der Waals surface area contributed by atoms with Gasteiger partial charge in [0.2, 0.25) is 0 Å². The Morgan fingerprint density at radius 2 is 2.16 bits per heavy atom. The van der Waals surface area contributed by atoms with Gasteiger partial charge in [-0.1, -0.05) is 20.8 Å². The number of imidazole rings is 1. The van der Waals surface area contributed by atoms with E-state index < -0.39 is 15.6 Å². The third kappa shape index (κ3) is 4.29. The summed E-state index contributed by atoms with van der Waals surface area (Å²) in [5.74, 6) is 1.00. The minimum absolute atomic E-state index is 0.0905. The predicted molar refractivity (Wildman–Crippen MR) is 75.2 cm³/mol. The average Bonchev–Trinajstić information content (AvgIpc) is 2.76. The molecule has 0 aliphatic rings. The van der Waals surface area contributed by atoms with E-state index in [9.17, 15) is 8.42 Å². The first kappa shape index (κ1) is 16.1. The normalized spacial score (nSPS) is 15.7. The standard InChI is InChI=1S/C12H24N4O2S/c1-5-10-14-7-11(15-10)19(17,18)16-12(4,8-13)6-9(2)3/h7,9,16H,5-6,8,13H2,1-4H3,(H,14,15). The van der Waals surface area contributed by atoms with Crippen LogP contribution in [0.1, 0.15) is 39.9 Å². The zero-order valence-electron chi connectivity index (χ0n) is 12.0. The quantitative estimate of drug-likeness (QED) is 0.697. The number of aromatic amines is 1. The molecule has 0 saturated heterocycles. The number of rotatable bonds is 7. The van der Waals surface area contributed by atoms with Crippen LogP contribution in [0.15, 0.2) is 11.2 Å². The minimum Gasteiger partial charge on any atom is -0.332 e. The second-order valence-corrected chi connectivity index (χ2v) is 7.17. The Morgan fingerprint density at radius 3 is 2.58 bits per heavy atom. The molecule has 0 amide bonds. The maximum absolute atomic E-state index is 12.3. The summed E-state index contributed by atoms with van der Waals surface area (Å²) in [4.78, 5) is 6.81. The molecule has 4 N–H and O–H groups in total. The summed E-state index contributed by atoms with van der Waals surface area (Å²) in [5.41, 5.74) is 5.07. The fourth-order valence-corrected chi connectivity index (χ4v) is 3.48. The van der Waals surface area contributed by atoms with Crippen molar-refractivity contribution in [2.24, 2.45) is 11.7 Å². The van der Waals surface area contributed by atoms with Crippen LogP contribution in [-0.2, 0) is 16.4 Å². The van der Waals surface area contributed by atoms with Gasteiger partial charge in [0, 0.05) is 18.5 Å². The average molecular weight is 288 g/mol. The molecule has 0 aromatic carbocycles. The highest BCUT2D eigenvalue weighted by Crippen LogP contribution is 2.18. The summed E-state index contributed by atoms with van der Waals surface area (Å²) in [6.07, 6.45) is 2.68. The van der Waals surface area contributed by atoms with E-state index >= 15 is 0 Å². The van der Waals surface area contributed by atoms with Crippen LogP contribution in [0.5, 0.6) is 0 Å². The van der Waals surface area contributed by atoms with Gasteiger partial charge in [0.05, 0.1) is 6.20 Å². The van der Waals surface area contributed by atoms with Crippen LogP contribution in [0.25, 0.3) is 0 Å². The molecule has 0 aliphatic heterocycles. The number of hydrogen-bond donors (Lipinski definition) is 3. The van der Waals surface area contributed by atoms with Crippen LogP contribution < -0.4 is 10.5 Å². The van der Waals surface area contributed by atoms with Crippen molar-refractivity contribution >= 4 is 10.0 Å². The minimum atomic E-state index is -3.61. The largest absolute Gasteiger partial charge is 0.332 e. The summed E-state index contributed by atoms with van der Waals surface area (Å²) in [7, 11) is -3.61. The van der Waals surface area contributed by atoms with Gasteiger partial charge in [0.15, 0.2) is 5.03 Å². The first-order chi connectivity index (χ1) is 8.72. The number of H-pyrrole nitrogens is 1.